The fraction of sp³-hybridized carbons (Fsp3) is 0.750. The van der Waals surface area contributed by atoms with Crippen LogP contribution in [-0.4, -0.2) is 35.6 Å². The Hall–Kier alpha value is -1.14. The van der Waals surface area contributed by atoms with Crippen LogP contribution in [0.25, 0.3) is 0 Å². The van der Waals surface area contributed by atoms with Crippen molar-refractivity contribution in [1.82, 2.24) is 5.32 Å². The standard InChI is InChI=1S/C8H17N3O3/c1-5(8(13)14)11-7(12)6(10)3-2-4-9/h5-6H,2-4,9-10H2,1H3,(H,11,12)(H,13,14)/t5-,6+/m0/s1. The molecular weight excluding hydrogens is 186 g/mol. The number of carbonyl (C=O) groups excluding carboxylic acids is 1. The molecule has 0 rings (SSSR count). The first-order valence-electron chi connectivity index (χ1n) is 4.48. The van der Waals surface area contributed by atoms with Crippen LogP contribution in [0.15, 0.2) is 0 Å². The van der Waals surface area contributed by atoms with Crippen molar-refractivity contribution in [3.05, 3.63) is 0 Å². The first kappa shape index (κ1) is 12.9. The van der Waals surface area contributed by atoms with Gasteiger partial charge in [0.1, 0.15) is 6.04 Å². The quantitative estimate of drug-likeness (QED) is 0.425. The first-order valence-corrected chi connectivity index (χ1v) is 4.48. The Morgan fingerprint density at radius 1 is 1.50 bits per heavy atom. The lowest BCUT2D eigenvalue weighted by Gasteiger charge is -2.14. The number of hydrogen-bond acceptors (Lipinski definition) is 4. The second-order valence-corrected chi connectivity index (χ2v) is 3.11. The van der Waals surface area contributed by atoms with E-state index in [4.69, 9.17) is 16.6 Å². The Bertz CT molecular complexity index is 208. The van der Waals surface area contributed by atoms with Gasteiger partial charge in [0.05, 0.1) is 6.04 Å². The Labute approximate surface area is 82.6 Å². The number of rotatable bonds is 6. The van der Waals surface area contributed by atoms with E-state index < -0.39 is 24.0 Å². The highest BCUT2D eigenvalue weighted by Gasteiger charge is 2.18. The molecule has 0 saturated carbocycles. The summed E-state index contributed by atoms with van der Waals surface area (Å²) in [6.45, 7) is 1.85. The summed E-state index contributed by atoms with van der Waals surface area (Å²) in [5.74, 6) is -1.53. The molecule has 0 radical (unpaired) electrons. The van der Waals surface area contributed by atoms with E-state index in [9.17, 15) is 9.59 Å². The number of carbonyl (C=O) groups is 2. The molecule has 0 aliphatic rings. The summed E-state index contributed by atoms with van der Waals surface area (Å²) >= 11 is 0. The maximum Gasteiger partial charge on any atom is 0.325 e. The van der Waals surface area contributed by atoms with Gasteiger partial charge in [0, 0.05) is 0 Å². The van der Waals surface area contributed by atoms with Crippen molar-refractivity contribution < 1.29 is 14.7 Å². The van der Waals surface area contributed by atoms with Gasteiger partial charge in [0.2, 0.25) is 5.91 Å². The fourth-order valence-electron chi connectivity index (χ4n) is 0.851. The molecule has 0 heterocycles. The largest absolute Gasteiger partial charge is 0.480 e. The summed E-state index contributed by atoms with van der Waals surface area (Å²) in [6.07, 6.45) is 1.12. The highest BCUT2D eigenvalue weighted by molar-refractivity contribution is 5.86. The average Bonchev–Trinajstić information content (AvgIpc) is 2.13. The predicted octanol–water partition coefficient (Wildman–Crippen LogP) is -1.36. The molecule has 2 atom stereocenters. The number of carboxylic acid groups (broad SMARTS) is 1. The number of hydrogen-bond donors (Lipinski definition) is 4. The third kappa shape index (κ3) is 4.78. The van der Waals surface area contributed by atoms with Gasteiger partial charge in [-0.1, -0.05) is 0 Å². The van der Waals surface area contributed by atoms with Crippen LogP contribution in [0.2, 0.25) is 0 Å². The van der Waals surface area contributed by atoms with E-state index >= 15 is 0 Å². The van der Waals surface area contributed by atoms with Crippen molar-refractivity contribution >= 4 is 11.9 Å². The minimum atomic E-state index is -1.08. The molecule has 6 nitrogen and oxygen atoms in total. The second-order valence-electron chi connectivity index (χ2n) is 3.11. The van der Waals surface area contributed by atoms with Crippen LogP contribution >= 0.6 is 0 Å². The number of nitrogens with one attached hydrogen (secondary N) is 1. The number of aliphatic carboxylic acids is 1. The van der Waals surface area contributed by atoms with E-state index in [1.165, 1.54) is 6.92 Å². The third-order valence-electron chi connectivity index (χ3n) is 1.79. The molecule has 0 aromatic carbocycles. The van der Waals surface area contributed by atoms with Gasteiger partial charge in [-0.3, -0.25) is 9.59 Å². The smallest absolute Gasteiger partial charge is 0.325 e. The Balaban J connectivity index is 3.88. The molecule has 0 saturated heterocycles. The zero-order chi connectivity index (χ0) is 11.1. The minimum Gasteiger partial charge on any atom is -0.480 e. The number of nitrogens with two attached hydrogens (primary N) is 2. The van der Waals surface area contributed by atoms with Crippen LogP contribution < -0.4 is 16.8 Å². The van der Waals surface area contributed by atoms with Crippen molar-refractivity contribution in [3.63, 3.8) is 0 Å². The molecule has 0 fully saturated rings. The van der Waals surface area contributed by atoms with Gasteiger partial charge < -0.3 is 21.9 Å². The summed E-state index contributed by atoms with van der Waals surface area (Å²) in [4.78, 5) is 21.6. The highest BCUT2D eigenvalue weighted by Crippen LogP contribution is 1.93. The zero-order valence-corrected chi connectivity index (χ0v) is 8.19. The predicted molar refractivity (Wildman–Crippen MR) is 51.5 cm³/mol. The molecule has 0 aliphatic carbocycles. The molecule has 6 heteroatoms. The van der Waals surface area contributed by atoms with Crippen LogP contribution in [0.5, 0.6) is 0 Å². The zero-order valence-electron chi connectivity index (χ0n) is 8.19. The van der Waals surface area contributed by atoms with E-state index in [-0.39, 0.29) is 0 Å². The van der Waals surface area contributed by atoms with Gasteiger partial charge in [0.15, 0.2) is 0 Å². The molecule has 0 unspecified atom stereocenters. The summed E-state index contributed by atoms with van der Waals surface area (Å²) in [5.41, 5.74) is 10.7. The van der Waals surface area contributed by atoms with Crippen LogP contribution in [0.4, 0.5) is 0 Å². The lowest BCUT2D eigenvalue weighted by molar-refractivity contribution is -0.141. The first-order chi connectivity index (χ1) is 6.49. The lowest BCUT2D eigenvalue weighted by Crippen LogP contribution is -2.47. The monoisotopic (exact) mass is 203 g/mol. The maximum absolute atomic E-state index is 11.2. The minimum absolute atomic E-state index is 0.451. The summed E-state index contributed by atoms with van der Waals surface area (Å²) in [5, 5.41) is 10.8. The molecule has 82 valence electrons. The molecule has 6 N–H and O–H groups in total. The highest BCUT2D eigenvalue weighted by atomic mass is 16.4. The van der Waals surface area contributed by atoms with E-state index in [1.807, 2.05) is 0 Å². The van der Waals surface area contributed by atoms with Crippen molar-refractivity contribution in [1.29, 1.82) is 0 Å². The molecule has 1 amide bonds. The van der Waals surface area contributed by atoms with E-state index in [2.05, 4.69) is 5.32 Å². The van der Waals surface area contributed by atoms with E-state index in [0.717, 1.165) is 0 Å². The average molecular weight is 203 g/mol. The van der Waals surface area contributed by atoms with Crippen molar-refractivity contribution in [2.24, 2.45) is 11.5 Å². The molecule has 0 aromatic heterocycles. The summed E-state index contributed by atoms with van der Waals surface area (Å²) in [6, 6.07) is -1.59. The lowest BCUT2D eigenvalue weighted by atomic mass is 10.1. The maximum atomic E-state index is 11.2. The van der Waals surface area contributed by atoms with E-state index in [1.54, 1.807) is 0 Å². The summed E-state index contributed by atoms with van der Waals surface area (Å²) < 4.78 is 0. The van der Waals surface area contributed by atoms with Crippen LogP contribution in [-0.2, 0) is 9.59 Å². The van der Waals surface area contributed by atoms with E-state index in [0.29, 0.717) is 19.4 Å². The van der Waals surface area contributed by atoms with Gasteiger partial charge in [-0.05, 0) is 26.3 Å². The fourth-order valence-corrected chi connectivity index (χ4v) is 0.851. The van der Waals surface area contributed by atoms with Gasteiger partial charge in [-0.2, -0.15) is 0 Å². The number of amides is 1. The van der Waals surface area contributed by atoms with Crippen molar-refractivity contribution in [2.75, 3.05) is 6.54 Å². The Kier molecular flexibility index (Phi) is 5.82. The summed E-state index contributed by atoms with van der Waals surface area (Å²) in [7, 11) is 0. The van der Waals surface area contributed by atoms with Gasteiger partial charge in [-0.15, -0.1) is 0 Å². The SMILES string of the molecule is C[C@H](NC(=O)[C@H](N)CCCN)C(=O)O. The van der Waals surface area contributed by atoms with Crippen molar-refractivity contribution in [2.45, 2.75) is 31.8 Å². The molecule has 14 heavy (non-hydrogen) atoms. The van der Waals surface area contributed by atoms with Gasteiger partial charge in [-0.25, -0.2) is 0 Å². The van der Waals surface area contributed by atoms with Crippen LogP contribution in [0.1, 0.15) is 19.8 Å². The molecular formula is C8H17N3O3. The second kappa shape index (κ2) is 6.33. The number of carboxylic acids is 1. The normalized spacial score (nSPS) is 14.5. The van der Waals surface area contributed by atoms with Crippen LogP contribution in [0.3, 0.4) is 0 Å². The molecule has 0 aromatic rings. The topological polar surface area (TPSA) is 118 Å². The molecule has 0 bridgehead atoms. The van der Waals surface area contributed by atoms with Gasteiger partial charge >= 0.3 is 5.97 Å². The Morgan fingerprint density at radius 3 is 2.50 bits per heavy atom. The Morgan fingerprint density at radius 2 is 2.07 bits per heavy atom. The van der Waals surface area contributed by atoms with Gasteiger partial charge in [0.25, 0.3) is 0 Å². The third-order valence-corrected chi connectivity index (χ3v) is 1.79. The molecule has 0 aliphatic heterocycles. The van der Waals surface area contributed by atoms with Crippen LogP contribution in [0, 0.1) is 0 Å². The molecule has 0 spiro atoms. The van der Waals surface area contributed by atoms with Crippen molar-refractivity contribution in [3.8, 4) is 0 Å².